The van der Waals surface area contributed by atoms with Crippen molar-refractivity contribution in [3.63, 3.8) is 0 Å². The second kappa shape index (κ2) is 5.54. The number of fused-ring (bicyclic) bond motifs is 1. The predicted molar refractivity (Wildman–Crippen MR) is 85.4 cm³/mol. The van der Waals surface area contributed by atoms with Crippen molar-refractivity contribution in [2.24, 2.45) is 0 Å². The molecule has 0 saturated heterocycles. The van der Waals surface area contributed by atoms with Crippen LogP contribution in [0.25, 0.3) is 10.8 Å². The van der Waals surface area contributed by atoms with Crippen LogP contribution in [0.15, 0.2) is 42.5 Å². The Morgan fingerprint density at radius 1 is 1.19 bits per heavy atom. The van der Waals surface area contributed by atoms with Crippen molar-refractivity contribution in [1.82, 2.24) is 4.98 Å². The number of aryl methyl sites for hydroxylation is 1. The van der Waals surface area contributed by atoms with Crippen LogP contribution in [0, 0.1) is 6.92 Å². The van der Waals surface area contributed by atoms with Crippen molar-refractivity contribution < 1.29 is 9.53 Å². The summed E-state index contributed by atoms with van der Waals surface area (Å²) < 4.78 is 4.73. The van der Waals surface area contributed by atoms with Crippen LogP contribution >= 0.6 is 11.3 Å². The van der Waals surface area contributed by atoms with E-state index >= 15 is 0 Å². The summed E-state index contributed by atoms with van der Waals surface area (Å²) in [6, 6.07) is 14.2. The largest absolute Gasteiger partial charge is 0.464 e. The van der Waals surface area contributed by atoms with E-state index in [4.69, 9.17) is 4.74 Å². The number of ether oxygens (including phenoxy) is 1. The average molecular weight is 298 g/mol. The molecule has 1 aromatic heterocycles. The number of thiazole rings is 1. The molecule has 0 atom stereocenters. The quantitative estimate of drug-likeness (QED) is 0.738. The van der Waals surface area contributed by atoms with Gasteiger partial charge >= 0.3 is 5.97 Å². The lowest BCUT2D eigenvalue weighted by Gasteiger charge is -2.06. The predicted octanol–water partition coefficient (Wildman–Crippen LogP) is 4.13. The van der Waals surface area contributed by atoms with E-state index in [0.717, 1.165) is 21.3 Å². The first-order chi connectivity index (χ1) is 10.2. The third-order valence-corrected chi connectivity index (χ3v) is 4.09. The Hall–Kier alpha value is -2.40. The van der Waals surface area contributed by atoms with Gasteiger partial charge in [-0.3, -0.25) is 0 Å². The molecule has 0 radical (unpaired) electrons. The second-order valence-corrected chi connectivity index (χ2v) is 5.77. The summed E-state index contributed by atoms with van der Waals surface area (Å²) in [5, 5.41) is 6.25. The molecule has 1 N–H and O–H groups in total. The number of aromatic nitrogens is 1. The lowest BCUT2D eigenvalue weighted by Crippen LogP contribution is -2.03. The van der Waals surface area contributed by atoms with E-state index in [1.807, 2.05) is 31.2 Å². The highest BCUT2D eigenvalue weighted by Crippen LogP contribution is 2.30. The van der Waals surface area contributed by atoms with Gasteiger partial charge in [0.1, 0.15) is 0 Å². The average Bonchev–Trinajstić information content (AvgIpc) is 2.87. The normalized spacial score (nSPS) is 10.6. The van der Waals surface area contributed by atoms with Crippen LogP contribution in [-0.4, -0.2) is 18.1 Å². The monoisotopic (exact) mass is 298 g/mol. The number of esters is 1. The van der Waals surface area contributed by atoms with Crippen LogP contribution in [0.3, 0.4) is 0 Å². The molecule has 0 saturated carbocycles. The topological polar surface area (TPSA) is 51.2 Å². The molecule has 21 heavy (non-hydrogen) atoms. The first kappa shape index (κ1) is 13.6. The van der Waals surface area contributed by atoms with Gasteiger partial charge in [0, 0.05) is 16.0 Å². The Morgan fingerprint density at radius 2 is 1.95 bits per heavy atom. The summed E-state index contributed by atoms with van der Waals surface area (Å²) in [4.78, 5) is 16.8. The van der Waals surface area contributed by atoms with Gasteiger partial charge in [-0.25, -0.2) is 9.78 Å². The van der Waals surface area contributed by atoms with Crippen molar-refractivity contribution in [2.45, 2.75) is 6.92 Å². The van der Waals surface area contributed by atoms with Crippen LogP contribution in [0.1, 0.15) is 15.4 Å². The molecule has 0 aliphatic heterocycles. The lowest BCUT2D eigenvalue weighted by molar-refractivity contribution is 0.0594. The van der Waals surface area contributed by atoms with Gasteiger partial charge in [0.25, 0.3) is 0 Å². The standard InChI is InChI=1S/C16H14N2O2S/c1-10-14(15(19)20-2)18-16(21-10)17-13-9-5-7-11-6-3-4-8-12(11)13/h3-9H,1-2H3,(H,17,18). The second-order valence-electron chi connectivity index (χ2n) is 4.57. The Bertz CT molecular complexity index is 806. The Labute approximate surface area is 126 Å². The first-order valence-corrected chi connectivity index (χ1v) is 7.31. The first-order valence-electron chi connectivity index (χ1n) is 6.49. The Balaban J connectivity index is 1.98. The Kier molecular flexibility index (Phi) is 3.58. The molecule has 0 unspecified atom stereocenters. The summed E-state index contributed by atoms with van der Waals surface area (Å²) in [6.07, 6.45) is 0. The number of benzene rings is 2. The number of carbonyl (C=O) groups is 1. The molecule has 4 nitrogen and oxygen atoms in total. The van der Waals surface area contributed by atoms with Crippen LogP contribution in [0.5, 0.6) is 0 Å². The third kappa shape index (κ3) is 2.60. The molecule has 0 fully saturated rings. The van der Waals surface area contributed by atoms with Crippen molar-refractivity contribution in [3.05, 3.63) is 53.0 Å². The van der Waals surface area contributed by atoms with Crippen LogP contribution in [0.4, 0.5) is 10.8 Å². The SMILES string of the molecule is COC(=O)c1nc(Nc2cccc3ccccc23)sc1C. The summed E-state index contributed by atoms with van der Waals surface area (Å²) in [5.74, 6) is -0.408. The molecule has 0 amide bonds. The van der Waals surface area contributed by atoms with E-state index in [9.17, 15) is 4.79 Å². The van der Waals surface area contributed by atoms with Gasteiger partial charge in [0.2, 0.25) is 0 Å². The summed E-state index contributed by atoms with van der Waals surface area (Å²) in [6.45, 7) is 1.86. The minimum atomic E-state index is -0.408. The molecular weight excluding hydrogens is 284 g/mol. The number of hydrogen-bond acceptors (Lipinski definition) is 5. The van der Waals surface area contributed by atoms with Gasteiger partial charge in [-0.05, 0) is 18.4 Å². The van der Waals surface area contributed by atoms with Crippen molar-refractivity contribution in [2.75, 3.05) is 12.4 Å². The molecule has 3 aromatic rings. The molecule has 1 heterocycles. The zero-order chi connectivity index (χ0) is 14.8. The van der Waals surface area contributed by atoms with Crippen molar-refractivity contribution >= 4 is 38.9 Å². The number of nitrogens with zero attached hydrogens (tertiary/aromatic N) is 1. The van der Waals surface area contributed by atoms with Gasteiger partial charge in [-0.2, -0.15) is 0 Å². The molecular formula is C16H14N2O2S. The number of carbonyl (C=O) groups excluding carboxylic acids is 1. The molecule has 2 aromatic carbocycles. The molecule has 5 heteroatoms. The van der Waals surface area contributed by atoms with Gasteiger partial charge in [0.05, 0.1) is 7.11 Å². The molecule has 0 aliphatic rings. The van der Waals surface area contributed by atoms with Crippen LogP contribution in [0.2, 0.25) is 0 Å². The van der Waals surface area contributed by atoms with Crippen molar-refractivity contribution in [3.8, 4) is 0 Å². The fraction of sp³-hybridized carbons (Fsp3) is 0.125. The zero-order valence-corrected chi connectivity index (χ0v) is 12.5. The van der Waals surface area contributed by atoms with E-state index in [1.165, 1.54) is 18.4 Å². The minimum absolute atomic E-state index is 0.366. The number of anilines is 2. The fourth-order valence-corrected chi connectivity index (χ4v) is 3.00. The van der Waals surface area contributed by atoms with Gasteiger partial charge in [0.15, 0.2) is 10.8 Å². The molecule has 0 spiro atoms. The van der Waals surface area contributed by atoms with E-state index in [0.29, 0.717) is 10.8 Å². The highest BCUT2D eigenvalue weighted by molar-refractivity contribution is 7.15. The van der Waals surface area contributed by atoms with E-state index in [-0.39, 0.29) is 0 Å². The van der Waals surface area contributed by atoms with E-state index in [1.54, 1.807) is 0 Å². The van der Waals surface area contributed by atoms with E-state index < -0.39 is 5.97 Å². The molecule has 0 bridgehead atoms. The zero-order valence-electron chi connectivity index (χ0n) is 11.7. The molecule has 0 aliphatic carbocycles. The number of rotatable bonds is 3. The summed E-state index contributed by atoms with van der Waals surface area (Å²) in [5.41, 5.74) is 1.34. The lowest BCUT2D eigenvalue weighted by atomic mass is 10.1. The molecule has 106 valence electrons. The van der Waals surface area contributed by atoms with Gasteiger partial charge in [-0.15, -0.1) is 11.3 Å². The number of nitrogens with one attached hydrogen (secondary N) is 1. The summed E-state index contributed by atoms with van der Waals surface area (Å²) >= 11 is 1.44. The number of methoxy groups -OCH3 is 1. The highest BCUT2D eigenvalue weighted by atomic mass is 32.1. The highest BCUT2D eigenvalue weighted by Gasteiger charge is 2.16. The third-order valence-electron chi connectivity index (χ3n) is 3.21. The van der Waals surface area contributed by atoms with Crippen LogP contribution in [-0.2, 0) is 4.74 Å². The Morgan fingerprint density at radius 3 is 2.76 bits per heavy atom. The maximum Gasteiger partial charge on any atom is 0.357 e. The van der Waals surface area contributed by atoms with Gasteiger partial charge < -0.3 is 10.1 Å². The van der Waals surface area contributed by atoms with Crippen LogP contribution < -0.4 is 5.32 Å². The number of hydrogen-bond donors (Lipinski definition) is 1. The van der Waals surface area contributed by atoms with Crippen molar-refractivity contribution in [1.29, 1.82) is 0 Å². The maximum absolute atomic E-state index is 11.6. The fourth-order valence-electron chi connectivity index (χ4n) is 2.19. The summed E-state index contributed by atoms with van der Waals surface area (Å²) in [7, 11) is 1.36. The van der Waals surface area contributed by atoms with Gasteiger partial charge in [-0.1, -0.05) is 36.4 Å². The maximum atomic E-state index is 11.6. The van der Waals surface area contributed by atoms with E-state index in [2.05, 4.69) is 28.5 Å². The smallest absolute Gasteiger partial charge is 0.357 e. The molecule has 3 rings (SSSR count). The minimum Gasteiger partial charge on any atom is -0.464 e.